The molecule has 0 saturated heterocycles. The van der Waals surface area contributed by atoms with E-state index in [9.17, 15) is 14.7 Å². The van der Waals surface area contributed by atoms with E-state index in [4.69, 9.17) is 11.6 Å². The Balaban J connectivity index is 1.87. The number of rotatable bonds is 3. The summed E-state index contributed by atoms with van der Waals surface area (Å²) in [4.78, 5) is 23.3. The summed E-state index contributed by atoms with van der Waals surface area (Å²) in [5, 5.41) is 15.3. The highest BCUT2D eigenvalue weighted by atomic mass is 35.5. The molecule has 3 N–H and O–H groups in total. The molecule has 1 aliphatic rings. The van der Waals surface area contributed by atoms with Crippen LogP contribution in [0.25, 0.3) is 0 Å². The average molecular weight is 297 g/mol. The molecule has 1 aromatic rings. The number of anilines is 1. The van der Waals surface area contributed by atoms with Crippen LogP contribution in [0.3, 0.4) is 0 Å². The highest BCUT2D eigenvalue weighted by Crippen LogP contribution is 2.30. The summed E-state index contributed by atoms with van der Waals surface area (Å²) in [6.07, 6.45) is 2.26. The van der Waals surface area contributed by atoms with Crippen molar-refractivity contribution in [2.24, 2.45) is 0 Å². The number of carbonyl (C=O) groups is 2. The Bertz CT molecular complexity index is 541. The van der Waals surface area contributed by atoms with E-state index in [1.165, 1.54) is 0 Å². The number of carbonyl (C=O) groups excluding carboxylic acids is 2. The predicted octanol–water partition coefficient (Wildman–Crippen LogP) is 1.62. The number of hydrogen-bond donors (Lipinski definition) is 3. The fraction of sp³-hybridized carbons (Fsp3) is 0.429. The maximum absolute atomic E-state index is 11.7. The van der Waals surface area contributed by atoms with Crippen LogP contribution in [0.15, 0.2) is 18.2 Å². The summed E-state index contributed by atoms with van der Waals surface area (Å²) in [6, 6.07) is 5.01. The Morgan fingerprint density at radius 2 is 2.05 bits per heavy atom. The van der Waals surface area contributed by atoms with Crippen molar-refractivity contribution in [2.75, 3.05) is 11.9 Å². The largest absolute Gasteiger partial charge is 0.388 e. The third kappa shape index (κ3) is 3.49. The molecule has 2 rings (SSSR count). The second-order valence-corrected chi connectivity index (χ2v) is 5.59. The summed E-state index contributed by atoms with van der Waals surface area (Å²) >= 11 is 5.94. The molecule has 20 heavy (non-hydrogen) atoms. The molecule has 1 aliphatic carbocycles. The van der Waals surface area contributed by atoms with E-state index in [1.54, 1.807) is 18.2 Å². The first kappa shape index (κ1) is 14.8. The van der Waals surface area contributed by atoms with Gasteiger partial charge in [-0.05, 0) is 43.9 Å². The van der Waals surface area contributed by atoms with Gasteiger partial charge in [0.1, 0.15) is 0 Å². The molecule has 2 amide bonds. The molecule has 6 heteroatoms. The lowest BCUT2D eigenvalue weighted by Gasteiger charge is -2.36. The molecule has 1 saturated carbocycles. The molecular weight excluding hydrogens is 280 g/mol. The molecule has 1 aromatic carbocycles. The Hall–Kier alpha value is -1.59. The summed E-state index contributed by atoms with van der Waals surface area (Å²) in [7, 11) is 0. The normalized spacial score (nSPS) is 16.1. The van der Waals surface area contributed by atoms with Crippen molar-refractivity contribution in [3.8, 4) is 0 Å². The molecule has 0 radical (unpaired) electrons. The molecular formula is C14H17ClN2O3. The number of aryl methyl sites for hydroxylation is 1. The minimum Gasteiger partial charge on any atom is -0.388 e. The van der Waals surface area contributed by atoms with Gasteiger partial charge in [-0.2, -0.15) is 0 Å². The van der Waals surface area contributed by atoms with Crippen LogP contribution in [0.2, 0.25) is 5.02 Å². The fourth-order valence-corrected chi connectivity index (χ4v) is 2.13. The maximum atomic E-state index is 11.7. The second-order valence-electron chi connectivity index (χ2n) is 5.18. The van der Waals surface area contributed by atoms with Crippen molar-refractivity contribution < 1.29 is 14.7 Å². The lowest BCUT2D eigenvalue weighted by atomic mass is 9.80. The Morgan fingerprint density at radius 3 is 2.60 bits per heavy atom. The van der Waals surface area contributed by atoms with Gasteiger partial charge < -0.3 is 15.7 Å². The van der Waals surface area contributed by atoms with Gasteiger partial charge in [0.05, 0.1) is 5.60 Å². The smallest absolute Gasteiger partial charge is 0.313 e. The third-order valence-corrected chi connectivity index (χ3v) is 3.91. The lowest BCUT2D eigenvalue weighted by Crippen LogP contribution is -2.49. The Morgan fingerprint density at radius 1 is 1.35 bits per heavy atom. The zero-order valence-electron chi connectivity index (χ0n) is 11.2. The highest BCUT2D eigenvalue weighted by molar-refractivity contribution is 6.39. The number of hydrogen-bond acceptors (Lipinski definition) is 3. The van der Waals surface area contributed by atoms with Crippen LogP contribution in [-0.4, -0.2) is 29.1 Å². The summed E-state index contributed by atoms with van der Waals surface area (Å²) in [5.41, 5.74) is 0.507. The van der Waals surface area contributed by atoms with E-state index in [2.05, 4.69) is 10.6 Å². The predicted molar refractivity (Wildman–Crippen MR) is 76.6 cm³/mol. The molecule has 5 nitrogen and oxygen atoms in total. The van der Waals surface area contributed by atoms with Gasteiger partial charge in [0, 0.05) is 17.3 Å². The van der Waals surface area contributed by atoms with E-state index in [1.807, 2.05) is 6.92 Å². The molecule has 0 aliphatic heterocycles. The zero-order valence-corrected chi connectivity index (χ0v) is 12.0. The van der Waals surface area contributed by atoms with Crippen molar-refractivity contribution in [3.63, 3.8) is 0 Å². The zero-order chi connectivity index (χ0) is 14.8. The van der Waals surface area contributed by atoms with E-state index in [0.29, 0.717) is 23.6 Å². The number of halogens is 1. The van der Waals surface area contributed by atoms with E-state index >= 15 is 0 Å². The number of aliphatic hydroxyl groups is 1. The van der Waals surface area contributed by atoms with Crippen LogP contribution in [-0.2, 0) is 9.59 Å². The molecule has 0 aromatic heterocycles. The summed E-state index contributed by atoms with van der Waals surface area (Å²) in [6.45, 7) is 1.95. The van der Waals surface area contributed by atoms with Crippen LogP contribution in [0.5, 0.6) is 0 Å². The fourth-order valence-electron chi connectivity index (χ4n) is 1.95. The summed E-state index contributed by atoms with van der Waals surface area (Å²) < 4.78 is 0. The van der Waals surface area contributed by atoms with Gasteiger partial charge in [0.25, 0.3) is 0 Å². The van der Waals surface area contributed by atoms with Crippen molar-refractivity contribution in [3.05, 3.63) is 28.8 Å². The molecule has 0 atom stereocenters. The Labute approximate surface area is 122 Å². The molecule has 0 unspecified atom stereocenters. The monoisotopic (exact) mass is 296 g/mol. The van der Waals surface area contributed by atoms with Crippen LogP contribution in [0.4, 0.5) is 5.69 Å². The van der Waals surface area contributed by atoms with Crippen molar-refractivity contribution >= 4 is 29.1 Å². The van der Waals surface area contributed by atoms with Crippen LogP contribution in [0.1, 0.15) is 24.8 Å². The van der Waals surface area contributed by atoms with Gasteiger partial charge >= 0.3 is 11.8 Å². The quantitative estimate of drug-likeness (QED) is 0.742. The van der Waals surface area contributed by atoms with E-state index in [0.717, 1.165) is 12.0 Å². The minimum absolute atomic E-state index is 0.105. The van der Waals surface area contributed by atoms with Gasteiger partial charge in [0.2, 0.25) is 0 Å². The van der Waals surface area contributed by atoms with E-state index < -0.39 is 17.4 Å². The molecule has 108 valence electrons. The second kappa shape index (κ2) is 5.81. The first-order valence-corrected chi connectivity index (χ1v) is 6.85. The van der Waals surface area contributed by atoms with Crippen LogP contribution in [0, 0.1) is 6.92 Å². The Kier molecular flexibility index (Phi) is 4.30. The maximum Gasteiger partial charge on any atom is 0.313 e. The van der Waals surface area contributed by atoms with E-state index in [-0.39, 0.29) is 6.54 Å². The topological polar surface area (TPSA) is 78.4 Å². The lowest BCUT2D eigenvalue weighted by molar-refractivity contribution is -0.137. The summed E-state index contributed by atoms with van der Waals surface area (Å²) in [5.74, 6) is -1.53. The molecule has 0 heterocycles. The number of benzene rings is 1. The average Bonchev–Trinajstić information content (AvgIpc) is 2.38. The highest BCUT2D eigenvalue weighted by Gasteiger charge is 2.35. The third-order valence-electron chi connectivity index (χ3n) is 3.50. The SMILES string of the molecule is Cc1ccc(NC(=O)C(=O)NCC2(O)CCC2)cc1Cl. The van der Waals surface area contributed by atoms with Gasteiger partial charge in [-0.3, -0.25) is 9.59 Å². The molecule has 0 spiro atoms. The van der Waals surface area contributed by atoms with Gasteiger partial charge in [-0.1, -0.05) is 17.7 Å². The van der Waals surface area contributed by atoms with Crippen LogP contribution < -0.4 is 10.6 Å². The number of nitrogens with one attached hydrogen (secondary N) is 2. The minimum atomic E-state index is -0.844. The van der Waals surface area contributed by atoms with Gasteiger partial charge in [0.15, 0.2) is 0 Å². The first-order valence-electron chi connectivity index (χ1n) is 6.47. The van der Waals surface area contributed by atoms with Crippen molar-refractivity contribution in [2.45, 2.75) is 31.8 Å². The van der Waals surface area contributed by atoms with Gasteiger partial charge in [-0.15, -0.1) is 0 Å². The van der Waals surface area contributed by atoms with Crippen molar-refractivity contribution in [1.29, 1.82) is 0 Å². The molecule has 1 fully saturated rings. The standard InChI is InChI=1S/C14H17ClN2O3/c1-9-3-4-10(7-11(9)15)17-13(19)12(18)16-8-14(20)5-2-6-14/h3-4,7,20H,2,5-6,8H2,1H3,(H,16,18)(H,17,19). The number of amides is 2. The van der Waals surface area contributed by atoms with Gasteiger partial charge in [-0.25, -0.2) is 0 Å². The van der Waals surface area contributed by atoms with Crippen molar-refractivity contribution in [1.82, 2.24) is 5.32 Å². The van der Waals surface area contributed by atoms with Crippen LogP contribution >= 0.6 is 11.6 Å². The first-order chi connectivity index (χ1) is 9.39. The molecule has 0 bridgehead atoms.